The molecule has 2 unspecified atom stereocenters. The topological polar surface area (TPSA) is 54.5 Å². The second-order valence-electron chi connectivity index (χ2n) is 5.98. The van der Waals surface area contributed by atoms with Crippen molar-refractivity contribution in [3.8, 4) is 0 Å². The van der Waals surface area contributed by atoms with E-state index >= 15 is 0 Å². The lowest BCUT2D eigenvalue weighted by molar-refractivity contribution is -0.140. The van der Waals surface area contributed by atoms with Gasteiger partial charge in [-0.3, -0.25) is 9.78 Å². The number of amides is 1. The fraction of sp³-hybridized carbons (Fsp3) is 0.647. The molecule has 22 heavy (non-hydrogen) atoms. The third kappa shape index (κ3) is 4.78. The Balaban J connectivity index is 2.13. The number of hydrogen-bond donors (Lipinski definition) is 1. The quantitative estimate of drug-likeness (QED) is 0.871. The minimum atomic E-state index is -0.120. The van der Waals surface area contributed by atoms with Gasteiger partial charge in [0.15, 0.2) is 0 Å². The molecule has 1 aromatic heterocycles. The maximum atomic E-state index is 12.8. The third-order valence-corrected chi connectivity index (χ3v) is 4.17. The van der Waals surface area contributed by atoms with E-state index in [2.05, 4.69) is 10.3 Å². The van der Waals surface area contributed by atoms with Gasteiger partial charge in [-0.1, -0.05) is 13.0 Å². The molecule has 2 atom stereocenters. The first-order chi connectivity index (χ1) is 10.7. The van der Waals surface area contributed by atoms with Crippen LogP contribution in [0.3, 0.4) is 0 Å². The summed E-state index contributed by atoms with van der Waals surface area (Å²) in [4.78, 5) is 19.2. The van der Waals surface area contributed by atoms with E-state index in [0.29, 0.717) is 13.2 Å². The van der Waals surface area contributed by atoms with Crippen molar-refractivity contribution in [3.63, 3.8) is 0 Å². The molecule has 0 aromatic carbocycles. The summed E-state index contributed by atoms with van der Waals surface area (Å²) in [6.45, 7) is 4.98. The van der Waals surface area contributed by atoms with E-state index < -0.39 is 0 Å². The highest BCUT2D eigenvalue weighted by atomic mass is 16.5. The van der Waals surface area contributed by atoms with Crippen molar-refractivity contribution in [2.45, 2.75) is 38.8 Å². The van der Waals surface area contributed by atoms with Gasteiger partial charge in [0.2, 0.25) is 5.91 Å². The zero-order valence-corrected chi connectivity index (χ0v) is 13.6. The van der Waals surface area contributed by atoms with Gasteiger partial charge in [0.05, 0.1) is 24.8 Å². The molecule has 1 aliphatic heterocycles. The molecule has 0 radical (unpaired) electrons. The lowest BCUT2D eigenvalue weighted by Crippen LogP contribution is -2.44. The number of nitrogens with one attached hydrogen (secondary N) is 1. The van der Waals surface area contributed by atoms with Gasteiger partial charge < -0.3 is 15.0 Å². The lowest BCUT2D eigenvalue weighted by atomic mass is 10.0. The molecule has 1 amide bonds. The molecule has 122 valence electrons. The molecule has 1 aromatic rings. The summed E-state index contributed by atoms with van der Waals surface area (Å²) in [5.41, 5.74) is 0.942. The summed E-state index contributed by atoms with van der Waals surface area (Å²) in [6, 6.07) is 6.14. The maximum absolute atomic E-state index is 12.8. The molecule has 1 fully saturated rings. The first-order valence-electron chi connectivity index (χ1n) is 8.12. The summed E-state index contributed by atoms with van der Waals surface area (Å²) >= 11 is 0. The van der Waals surface area contributed by atoms with Crippen molar-refractivity contribution < 1.29 is 9.53 Å². The third-order valence-electron chi connectivity index (χ3n) is 4.17. The molecule has 2 heterocycles. The highest BCUT2D eigenvalue weighted by Gasteiger charge is 2.28. The Labute approximate surface area is 133 Å². The predicted octanol–water partition coefficient (Wildman–Crippen LogP) is 1.83. The average Bonchev–Trinajstić information content (AvgIpc) is 2.82. The smallest absolute Gasteiger partial charge is 0.228 e. The van der Waals surface area contributed by atoms with Crippen LogP contribution in [0.1, 0.15) is 31.9 Å². The summed E-state index contributed by atoms with van der Waals surface area (Å²) < 4.78 is 5.16. The standard InChI is InChI=1S/C17H27N3O2/c1-14(13-22-2)17(21)20(12-15-6-3-4-10-19-15)16-7-5-9-18-11-8-16/h3-4,6,10,14,16,18H,5,7-9,11-13H2,1-2H3. The molecule has 5 nitrogen and oxygen atoms in total. The monoisotopic (exact) mass is 305 g/mol. The van der Waals surface area contributed by atoms with Crippen LogP contribution >= 0.6 is 0 Å². The van der Waals surface area contributed by atoms with E-state index in [9.17, 15) is 4.79 Å². The number of ether oxygens (including phenoxy) is 1. The number of aromatic nitrogens is 1. The van der Waals surface area contributed by atoms with Crippen molar-refractivity contribution in [1.82, 2.24) is 15.2 Å². The summed E-state index contributed by atoms with van der Waals surface area (Å²) in [5.74, 6) is 0.0457. The number of pyridine rings is 1. The Morgan fingerprint density at radius 2 is 2.32 bits per heavy atom. The first-order valence-corrected chi connectivity index (χ1v) is 8.12. The van der Waals surface area contributed by atoms with Gasteiger partial charge >= 0.3 is 0 Å². The highest BCUT2D eigenvalue weighted by Crippen LogP contribution is 2.19. The van der Waals surface area contributed by atoms with Gasteiger partial charge in [-0.2, -0.15) is 0 Å². The van der Waals surface area contributed by atoms with Crippen molar-refractivity contribution in [2.75, 3.05) is 26.8 Å². The molecule has 0 saturated carbocycles. The maximum Gasteiger partial charge on any atom is 0.228 e. The van der Waals surface area contributed by atoms with Crippen LogP contribution in [-0.4, -0.2) is 48.6 Å². The molecule has 0 aliphatic carbocycles. The Morgan fingerprint density at radius 1 is 1.45 bits per heavy atom. The van der Waals surface area contributed by atoms with Crippen LogP contribution in [0.15, 0.2) is 24.4 Å². The average molecular weight is 305 g/mol. The fourth-order valence-electron chi connectivity index (χ4n) is 2.97. The van der Waals surface area contributed by atoms with Gasteiger partial charge in [0.1, 0.15) is 0 Å². The van der Waals surface area contributed by atoms with E-state index in [1.807, 2.05) is 30.0 Å². The van der Waals surface area contributed by atoms with E-state index in [-0.39, 0.29) is 17.9 Å². The highest BCUT2D eigenvalue weighted by molar-refractivity contribution is 5.79. The summed E-state index contributed by atoms with van der Waals surface area (Å²) in [7, 11) is 1.64. The van der Waals surface area contributed by atoms with Crippen LogP contribution in [-0.2, 0) is 16.1 Å². The lowest BCUT2D eigenvalue weighted by Gasteiger charge is -2.33. The normalized spacial score (nSPS) is 20.2. The Bertz CT molecular complexity index is 444. The molecule has 1 N–H and O–H groups in total. The minimum Gasteiger partial charge on any atom is -0.384 e. The van der Waals surface area contributed by atoms with Crippen LogP contribution in [0.5, 0.6) is 0 Å². The van der Waals surface area contributed by atoms with Crippen molar-refractivity contribution in [2.24, 2.45) is 5.92 Å². The number of hydrogen-bond acceptors (Lipinski definition) is 4. The van der Waals surface area contributed by atoms with Crippen LogP contribution in [0.4, 0.5) is 0 Å². The molecule has 2 rings (SSSR count). The van der Waals surface area contributed by atoms with Crippen molar-refractivity contribution in [3.05, 3.63) is 30.1 Å². The minimum absolute atomic E-state index is 0.120. The second kappa shape index (κ2) is 8.86. The molecule has 1 aliphatic rings. The largest absolute Gasteiger partial charge is 0.384 e. The van der Waals surface area contributed by atoms with E-state index in [1.165, 1.54) is 0 Å². The van der Waals surface area contributed by atoms with Crippen molar-refractivity contribution in [1.29, 1.82) is 0 Å². The summed E-state index contributed by atoms with van der Waals surface area (Å²) in [5, 5.41) is 3.41. The number of carbonyl (C=O) groups is 1. The van der Waals surface area contributed by atoms with Crippen LogP contribution in [0, 0.1) is 5.92 Å². The number of rotatable bonds is 6. The second-order valence-corrected chi connectivity index (χ2v) is 5.98. The van der Waals surface area contributed by atoms with Crippen LogP contribution in [0.2, 0.25) is 0 Å². The SMILES string of the molecule is COCC(C)C(=O)N(Cc1ccccn1)C1CCCNCC1. The number of methoxy groups -OCH3 is 1. The molecular weight excluding hydrogens is 278 g/mol. The van der Waals surface area contributed by atoms with E-state index in [1.54, 1.807) is 13.3 Å². The van der Waals surface area contributed by atoms with E-state index in [0.717, 1.165) is 38.0 Å². The molecule has 0 bridgehead atoms. The molecule has 0 spiro atoms. The zero-order valence-electron chi connectivity index (χ0n) is 13.6. The predicted molar refractivity (Wildman–Crippen MR) is 86.3 cm³/mol. The fourth-order valence-corrected chi connectivity index (χ4v) is 2.97. The first kappa shape index (κ1) is 16.9. The molecule has 1 saturated heterocycles. The number of carbonyl (C=O) groups excluding carboxylic acids is 1. The Kier molecular flexibility index (Phi) is 6.80. The van der Waals surface area contributed by atoms with Gasteiger partial charge in [-0.15, -0.1) is 0 Å². The molecule has 5 heteroatoms. The Hall–Kier alpha value is -1.46. The summed E-state index contributed by atoms with van der Waals surface area (Å²) in [6.07, 6.45) is 4.93. The van der Waals surface area contributed by atoms with Crippen molar-refractivity contribution >= 4 is 5.91 Å². The Morgan fingerprint density at radius 3 is 3.05 bits per heavy atom. The molecular formula is C17H27N3O2. The van der Waals surface area contributed by atoms with Gasteiger partial charge in [-0.05, 0) is 44.5 Å². The van der Waals surface area contributed by atoms with E-state index in [4.69, 9.17) is 4.74 Å². The number of nitrogens with zero attached hydrogens (tertiary/aromatic N) is 2. The van der Waals surface area contributed by atoms with Crippen LogP contribution < -0.4 is 5.32 Å². The van der Waals surface area contributed by atoms with Crippen LogP contribution in [0.25, 0.3) is 0 Å². The van der Waals surface area contributed by atoms with Gasteiger partial charge in [0, 0.05) is 19.3 Å². The van der Waals surface area contributed by atoms with Gasteiger partial charge in [0.25, 0.3) is 0 Å². The zero-order chi connectivity index (χ0) is 15.8. The van der Waals surface area contributed by atoms with Gasteiger partial charge in [-0.25, -0.2) is 0 Å².